The molecule has 0 radical (unpaired) electrons. The summed E-state index contributed by atoms with van der Waals surface area (Å²) in [6, 6.07) is -1.50. The third-order valence-corrected chi connectivity index (χ3v) is 4.27. The summed E-state index contributed by atoms with van der Waals surface area (Å²) in [4.78, 5) is 53.9. The molecule has 3 atom stereocenters. The van der Waals surface area contributed by atoms with Gasteiger partial charge in [0.2, 0.25) is 11.8 Å². The first-order valence-corrected chi connectivity index (χ1v) is 9.51. The number of hydrogen-bond donors (Lipinski definition) is 5. The normalized spacial score (nSPS) is 22.4. The topological polar surface area (TPSA) is 172 Å². The fraction of sp³-hybridized carbons (Fsp3) is 0.611. The molecule has 1 aliphatic rings. The number of amides is 3. The van der Waals surface area contributed by atoms with Crippen molar-refractivity contribution < 1.29 is 19.2 Å². The Labute approximate surface area is 170 Å². The van der Waals surface area contributed by atoms with Gasteiger partial charge in [-0.2, -0.15) is 0 Å². The lowest BCUT2D eigenvalue weighted by Gasteiger charge is -2.26. The van der Waals surface area contributed by atoms with E-state index in [1.807, 2.05) is 6.08 Å². The standard InChI is InChI=1S/C18H31N7O4/c1-12-17(29)25(2)10-5-3-4-8-14(27)24-15(16(28)22-12)23-13(11-26)7-6-9-21-18(19)20/h3,5,11-13,15,23H,4,6-10H2,1-2H3,(H,22,28)(H,24,27)(H4,19,20,21)/t12-,13+,15+/m0/s1. The molecule has 0 aromatic carbocycles. The van der Waals surface area contributed by atoms with Crippen LogP contribution in [0.2, 0.25) is 0 Å². The van der Waals surface area contributed by atoms with Crippen molar-refractivity contribution in [3.63, 3.8) is 0 Å². The van der Waals surface area contributed by atoms with Gasteiger partial charge in [-0.3, -0.25) is 24.7 Å². The van der Waals surface area contributed by atoms with E-state index in [0.717, 1.165) is 0 Å². The van der Waals surface area contributed by atoms with Crippen molar-refractivity contribution in [2.75, 3.05) is 20.1 Å². The van der Waals surface area contributed by atoms with E-state index in [2.05, 4.69) is 20.9 Å². The lowest BCUT2D eigenvalue weighted by molar-refractivity contribution is -0.136. The van der Waals surface area contributed by atoms with Gasteiger partial charge in [0.15, 0.2) is 12.1 Å². The maximum atomic E-state index is 12.6. The molecule has 29 heavy (non-hydrogen) atoms. The van der Waals surface area contributed by atoms with Crippen LogP contribution >= 0.6 is 0 Å². The van der Waals surface area contributed by atoms with Crippen molar-refractivity contribution in [2.24, 2.45) is 16.5 Å². The number of allylic oxidation sites excluding steroid dienone is 1. The van der Waals surface area contributed by atoms with E-state index < -0.39 is 24.2 Å². The van der Waals surface area contributed by atoms with Gasteiger partial charge < -0.3 is 31.8 Å². The Morgan fingerprint density at radius 1 is 1.34 bits per heavy atom. The highest BCUT2D eigenvalue weighted by Crippen LogP contribution is 2.01. The first kappa shape index (κ1) is 24.1. The monoisotopic (exact) mass is 409 g/mol. The third kappa shape index (κ3) is 9.19. The molecule has 7 N–H and O–H groups in total. The number of likely N-dealkylation sites (N-methyl/N-ethyl adjacent to an activating group) is 1. The molecule has 0 saturated heterocycles. The summed E-state index contributed by atoms with van der Waals surface area (Å²) < 4.78 is 0. The van der Waals surface area contributed by atoms with E-state index in [1.165, 1.54) is 4.90 Å². The fourth-order valence-electron chi connectivity index (χ4n) is 2.68. The van der Waals surface area contributed by atoms with E-state index in [-0.39, 0.29) is 24.2 Å². The van der Waals surface area contributed by atoms with Gasteiger partial charge in [-0.05, 0) is 26.2 Å². The molecule has 0 bridgehead atoms. The minimum Gasteiger partial charge on any atom is -0.370 e. The molecular formula is C18H31N7O4. The molecule has 0 fully saturated rings. The maximum absolute atomic E-state index is 12.6. The van der Waals surface area contributed by atoms with Gasteiger partial charge in [-0.15, -0.1) is 0 Å². The van der Waals surface area contributed by atoms with E-state index >= 15 is 0 Å². The van der Waals surface area contributed by atoms with Crippen molar-refractivity contribution in [3.8, 4) is 0 Å². The Bertz CT molecular complexity index is 646. The minimum absolute atomic E-state index is 0.0415. The molecule has 1 heterocycles. The van der Waals surface area contributed by atoms with Gasteiger partial charge in [0, 0.05) is 26.6 Å². The zero-order valence-electron chi connectivity index (χ0n) is 16.9. The predicted octanol–water partition coefficient (Wildman–Crippen LogP) is -2.05. The summed E-state index contributed by atoms with van der Waals surface area (Å²) in [5, 5.41) is 7.98. The number of rotatable bonds is 7. The van der Waals surface area contributed by atoms with Gasteiger partial charge in [-0.1, -0.05) is 12.2 Å². The number of carbonyl (C=O) groups is 4. The number of guanidine groups is 1. The van der Waals surface area contributed by atoms with Crippen LogP contribution in [0.25, 0.3) is 0 Å². The maximum Gasteiger partial charge on any atom is 0.258 e. The zero-order valence-corrected chi connectivity index (χ0v) is 16.9. The Balaban J connectivity index is 2.86. The van der Waals surface area contributed by atoms with Gasteiger partial charge >= 0.3 is 0 Å². The SMILES string of the molecule is C[C@@H]1NC(=O)[C@H](N[C@@H](C=O)CCCN=C(N)N)NC(=O)CCC=CCN(C)C1=O. The Morgan fingerprint density at radius 3 is 2.72 bits per heavy atom. The summed E-state index contributed by atoms with van der Waals surface area (Å²) >= 11 is 0. The molecule has 0 spiro atoms. The van der Waals surface area contributed by atoms with Crippen LogP contribution in [-0.2, 0) is 19.2 Å². The van der Waals surface area contributed by atoms with Crippen LogP contribution in [0, 0.1) is 0 Å². The second kappa shape index (κ2) is 12.5. The van der Waals surface area contributed by atoms with Crippen molar-refractivity contribution in [1.29, 1.82) is 0 Å². The van der Waals surface area contributed by atoms with Gasteiger partial charge in [-0.25, -0.2) is 0 Å². The number of carbonyl (C=O) groups excluding carboxylic acids is 4. The molecule has 0 saturated carbocycles. The average Bonchev–Trinajstić information content (AvgIpc) is 2.67. The molecular weight excluding hydrogens is 378 g/mol. The second-order valence-electron chi connectivity index (χ2n) is 6.82. The highest BCUT2D eigenvalue weighted by Gasteiger charge is 2.27. The molecule has 0 aliphatic carbocycles. The first-order valence-electron chi connectivity index (χ1n) is 9.51. The number of nitrogens with one attached hydrogen (secondary N) is 3. The average molecular weight is 409 g/mol. The first-order chi connectivity index (χ1) is 13.7. The number of nitrogens with two attached hydrogens (primary N) is 2. The fourth-order valence-corrected chi connectivity index (χ4v) is 2.68. The molecule has 0 aromatic rings. The van der Waals surface area contributed by atoms with Crippen molar-refractivity contribution >= 4 is 30.0 Å². The summed E-state index contributed by atoms with van der Waals surface area (Å²) in [6.07, 6.45) is 4.60. The molecule has 1 aliphatic heterocycles. The van der Waals surface area contributed by atoms with Crippen LogP contribution in [0.1, 0.15) is 32.6 Å². The number of aliphatic imine (C=N–C) groups is 1. The largest absolute Gasteiger partial charge is 0.370 e. The van der Waals surface area contributed by atoms with Crippen molar-refractivity contribution in [1.82, 2.24) is 20.9 Å². The van der Waals surface area contributed by atoms with Crippen LogP contribution in [0.3, 0.4) is 0 Å². The number of aldehydes is 1. The summed E-state index contributed by atoms with van der Waals surface area (Å²) in [7, 11) is 1.63. The summed E-state index contributed by atoms with van der Waals surface area (Å²) in [5.41, 5.74) is 10.5. The molecule has 0 unspecified atom stereocenters. The Hall–Kier alpha value is -2.95. The molecule has 3 amide bonds. The molecule has 11 nitrogen and oxygen atoms in total. The van der Waals surface area contributed by atoms with Crippen LogP contribution < -0.4 is 27.4 Å². The lowest BCUT2D eigenvalue weighted by atomic mass is 10.1. The number of nitrogens with zero attached hydrogens (tertiary/aromatic N) is 2. The molecule has 0 aromatic heterocycles. The van der Waals surface area contributed by atoms with Gasteiger partial charge in [0.25, 0.3) is 5.91 Å². The van der Waals surface area contributed by atoms with Gasteiger partial charge in [0.1, 0.15) is 12.3 Å². The minimum atomic E-state index is -1.16. The van der Waals surface area contributed by atoms with E-state index in [1.54, 1.807) is 20.0 Å². The zero-order chi connectivity index (χ0) is 21.8. The predicted molar refractivity (Wildman–Crippen MR) is 108 cm³/mol. The third-order valence-electron chi connectivity index (χ3n) is 4.27. The summed E-state index contributed by atoms with van der Waals surface area (Å²) in [5.74, 6) is -1.26. The number of hydrogen-bond acceptors (Lipinski definition) is 6. The summed E-state index contributed by atoms with van der Waals surface area (Å²) in [6.45, 7) is 2.28. The lowest BCUT2D eigenvalue weighted by Crippen LogP contribution is -2.60. The molecule has 162 valence electrons. The van der Waals surface area contributed by atoms with Crippen LogP contribution in [0.5, 0.6) is 0 Å². The van der Waals surface area contributed by atoms with E-state index in [4.69, 9.17) is 11.5 Å². The van der Waals surface area contributed by atoms with E-state index in [0.29, 0.717) is 38.6 Å². The quantitative estimate of drug-likeness (QED) is 0.106. The molecule has 1 rings (SSSR count). The second-order valence-corrected chi connectivity index (χ2v) is 6.82. The highest BCUT2D eigenvalue weighted by molar-refractivity contribution is 5.92. The molecule has 11 heteroatoms. The van der Waals surface area contributed by atoms with Crippen molar-refractivity contribution in [3.05, 3.63) is 12.2 Å². The van der Waals surface area contributed by atoms with Crippen LogP contribution in [0.15, 0.2) is 17.1 Å². The van der Waals surface area contributed by atoms with Gasteiger partial charge in [0.05, 0.1) is 6.04 Å². The van der Waals surface area contributed by atoms with Crippen molar-refractivity contribution in [2.45, 2.75) is 50.9 Å². The van der Waals surface area contributed by atoms with Crippen LogP contribution in [0.4, 0.5) is 0 Å². The van der Waals surface area contributed by atoms with Crippen LogP contribution in [-0.4, -0.2) is 73.3 Å². The Morgan fingerprint density at radius 2 is 2.07 bits per heavy atom. The smallest absolute Gasteiger partial charge is 0.258 e. The highest BCUT2D eigenvalue weighted by atomic mass is 16.2. The Kier molecular flexibility index (Phi) is 10.4. The van der Waals surface area contributed by atoms with E-state index in [9.17, 15) is 19.2 Å².